The molecule has 0 amide bonds. The molecule has 0 N–H and O–H groups in total. The van der Waals surface area contributed by atoms with Crippen molar-refractivity contribution in [2.45, 2.75) is 25.8 Å². The van der Waals surface area contributed by atoms with Crippen LogP contribution in [0.1, 0.15) is 30.1 Å². The summed E-state index contributed by atoms with van der Waals surface area (Å²) in [5.41, 5.74) is 2.05. The van der Waals surface area contributed by atoms with E-state index in [1.807, 2.05) is 19.1 Å². The number of benzene rings is 1. The summed E-state index contributed by atoms with van der Waals surface area (Å²) < 4.78 is 0. The molecule has 0 bridgehead atoms. The standard InChI is InChI=1S/C15H22N2O/c1-4-15(18)12-5-7-13(8-6-12)17-10-9-14(11-17)16(2)3/h5-8,14H,4,9-11H2,1-3H3. The van der Waals surface area contributed by atoms with Gasteiger partial charge in [0, 0.05) is 36.8 Å². The SMILES string of the molecule is CCC(=O)c1ccc(N2CCC(N(C)C)C2)cc1. The topological polar surface area (TPSA) is 23.6 Å². The van der Waals surface area contributed by atoms with Crippen LogP contribution in [0.5, 0.6) is 0 Å². The van der Waals surface area contributed by atoms with Crippen molar-refractivity contribution in [3.8, 4) is 0 Å². The smallest absolute Gasteiger partial charge is 0.162 e. The van der Waals surface area contributed by atoms with Gasteiger partial charge in [0.2, 0.25) is 0 Å². The van der Waals surface area contributed by atoms with Crippen molar-refractivity contribution in [3.63, 3.8) is 0 Å². The maximum atomic E-state index is 11.6. The van der Waals surface area contributed by atoms with E-state index >= 15 is 0 Å². The van der Waals surface area contributed by atoms with Gasteiger partial charge in [-0.25, -0.2) is 0 Å². The summed E-state index contributed by atoms with van der Waals surface area (Å²) in [5, 5.41) is 0. The summed E-state index contributed by atoms with van der Waals surface area (Å²) in [5.74, 6) is 0.217. The lowest BCUT2D eigenvalue weighted by Gasteiger charge is -2.21. The Bertz CT molecular complexity index is 411. The molecule has 98 valence electrons. The highest BCUT2D eigenvalue weighted by atomic mass is 16.1. The molecule has 0 spiro atoms. The van der Waals surface area contributed by atoms with E-state index in [2.05, 4.69) is 36.0 Å². The van der Waals surface area contributed by atoms with Crippen molar-refractivity contribution >= 4 is 11.5 Å². The Hall–Kier alpha value is -1.35. The molecule has 1 saturated heterocycles. The maximum absolute atomic E-state index is 11.6. The Labute approximate surface area is 109 Å². The lowest BCUT2D eigenvalue weighted by atomic mass is 10.1. The molecule has 0 radical (unpaired) electrons. The first-order chi connectivity index (χ1) is 8.61. The molecule has 2 rings (SSSR count). The number of likely N-dealkylation sites (N-methyl/N-ethyl adjacent to an activating group) is 1. The molecule has 1 heterocycles. The number of carbonyl (C=O) groups excluding carboxylic acids is 1. The number of hydrogen-bond acceptors (Lipinski definition) is 3. The number of Topliss-reactive ketones (excluding diaryl/α,β-unsaturated/α-hetero) is 1. The molecule has 1 fully saturated rings. The summed E-state index contributed by atoms with van der Waals surface area (Å²) in [7, 11) is 4.27. The zero-order valence-electron chi connectivity index (χ0n) is 11.5. The fraction of sp³-hybridized carbons (Fsp3) is 0.533. The molecule has 1 aliphatic heterocycles. The fourth-order valence-corrected chi connectivity index (χ4v) is 2.46. The normalized spacial score (nSPS) is 19.6. The summed E-state index contributed by atoms with van der Waals surface area (Å²) in [4.78, 5) is 16.2. The third-order valence-corrected chi connectivity index (χ3v) is 3.77. The Morgan fingerprint density at radius 3 is 2.50 bits per heavy atom. The van der Waals surface area contributed by atoms with Crippen LogP contribution >= 0.6 is 0 Å². The number of rotatable bonds is 4. The van der Waals surface area contributed by atoms with Gasteiger partial charge in [0.15, 0.2) is 5.78 Å². The van der Waals surface area contributed by atoms with Gasteiger partial charge in [-0.05, 0) is 44.8 Å². The third kappa shape index (κ3) is 2.72. The van der Waals surface area contributed by atoms with Gasteiger partial charge in [0.05, 0.1) is 0 Å². The largest absolute Gasteiger partial charge is 0.370 e. The van der Waals surface area contributed by atoms with E-state index in [-0.39, 0.29) is 5.78 Å². The fourth-order valence-electron chi connectivity index (χ4n) is 2.46. The molecule has 0 aromatic heterocycles. The van der Waals surface area contributed by atoms with Crippen LogP contribution in [-0.2, 0) is 0 Å². The average molecular weight is 246 g/mol. The van der Waals surface area contributed by atoms with Crippen molar-refractivity contribution < 1.29 is 4.79 Å². The number of hydrogen-bond donors (Lipinski definition) is 0. The minimum absolute atomic E-state index is 0.217. The Morgan fingerprint density at radius 2 is 2.00 bits per heavy atom. The zero-order chi connectivity index (χ0) is 13.1. The zero-order valence-corrected chi connectivity index (χ0v) is 11.5. The van der Waals surface area contributed by atoms with Crippen molar-refractivity contribution in [1.82, 2.24) is 4.90 Å². The first kappa shape index (κ1) is 13.1. The van der Waals surface area contributed by atoms with Gasteiger partial charge in [-0.15, -0.1) is 0 Å². The highest BCUT2D eigenvalue weighted by Gasteiger charge is 2.23. The molecule has 1 atom stereocenters. The van der Waals surface area contributed by atoms with Crippen molar-refractivity contribution in [3.05, 3.63) is 29.8 Å². The van der Waals surface area contributed by atoms with Gasteiger partial charge in [-0.3, -0.25) is 4.79 Å². The van der Waals surface area contributed by atoms with Crippen molar-refractivity contribution in [1.29, 1.82) is 0 Å². The van der Waals surface area contributed by atoms with Crippen LogP contribution in [-0.4, -0.2) is 43.9 Å². The molecule has 18 heavy (non-hydrogen) atoms. The van der Waals surface area contributed by atoms with E-state index in [0.29, 0.717) is 12.5 Å². The molecule has 0 aliphatic carbocycles. The van der Waals surface area contributed by atoms with Crippen LogP contribution < -0.4 is 4.90 Å². The predicted octanol–water partition coefficient (Wildman–Crippen LogP) is 2.42. The number of carbonyl (C=O) groups is 1. The maximum Gasteiger partial charge on any atom is 0.162 e. The number of ketones is 1. The van der Waals surface area contributed by atoms with E-state index in [1.165, 1.54) is 12.1 Å². The van der Waals surface area contributed by atoms with Crippen LogP contribution in [0.15, 0.2) is 24.3 Å². The van der Waals surface area contributed by atoms with Gasteiger partial charge >= 0.3 is 0 Å². The van der Waals surface area contributed by atoms with E-state index < -0.39 is 0 Å². The van der Waals surface area contributed by atoms with Gasteiger partial charge in [-0.2, -0.15) is 0 Å². The van der Waals surface area contributed by atoms with Crippen LogP contribution in [0.4, 0.5) is 5.69 Å². The van der Waals surface area contributed by atoms with E-state index in [4.69, 9.17) is 0 Å². The van der Waals surface area contributed by atoms with Crippen LogP contribution in [0.25, 0.3) is 0 Å². The number of anilines is 1. The molecule has 3 heteroatoms. The monoisotopic (exact) mass is 246 g/mol. The molecule has 1 aliphatic rings. The molecular weight excluding hydrogens is 224 g/mol. The minimum Gasteiger partial charge on any atom is -0.370 e. The lowest BCUT2D eigenvalue weighted by molar-refractivity contribution is 0.0988. The highest BCUT2D eigenvalue weighted by molar-refractivity contribution is 5.96. The summed E-state index contributed by atoms with van der Waals surface area (Å²) in [6.45, 7) is 4.08. The lowest BCUT2D eigenvalue weighted by Crippen LogP contribution is -2.31. The van der Waals surface area contributed by atoms with E-state index in [9.17, 15) is 4.79 Å². The Balaban J connectivity index is 2.05. The van der Waals surface area contributed by atoms with Gasteiger partial charge in [0.1, 0.15) is 0 Å². The van der Waals surface area contributed by atoms with E-state index in [0.717, 1.165) is 18.7 Å². The molecular formula is C15H22N2O. The summed E-state index contributed by atoms with van der Waals surface area (Å²) >= 11 is 0. The van der Waals surface area contributed by atoms with Crippen molar-refractivity contribution in [2.75, 3.05) is 32.1 Å². The van der Waals surface area contributed by atoms with E-state index in [1.54, 1.807) is 0 Å². The van der Waals surface area contributed by atoms with Crippen molar-refractivity contribution in [2.24, 2.45) is 0 Å². The second-order valence-corrected chi connectivity index (χ2v) is 5.18. The highest BCUT2D eigenvalue weighted by Crippen LogP contribution is 2.22. The van der Waals surface area contributed by atoms with Gasteiger partial charge in [0.25, 0.3) is 0 Å². The van der Waals surface area contributed by atoms with Crippen LogP contribution in [0.2, 0.25) is 0 Å². The average Bonchev–Trinajstić information content (AvgIpc) is 2.88. The van der Waals surface area contributed by atoms with Crippen LogP contribution in [0, 0.1) is 0 Å². The summed E-state index contributed by atoms with van der Waals surface area (Å²) in [6, 6.07) is 8.68. The minimum atomic E-state index is 0.217. The third-order valence-electron chi connectivity index (χ3n) is 3.77. The predicted molar refractivity (Wildman–Crippen MR) is 75.4 cm³/mol. The van der Waals surface area contributed by atoms with Gasteiger partial charge < -0.3 is 9.80 Å². The van der Waals surface area contributed by atoms with Gasteiger partial charge in [-0.1, -0.05) is 6.92 Å². The Morgan fingerprint density at radius 1 is 1.33 bits per heavy atom. The Kier molecular flexibility index (Phi) is 4.02. The number of nitrogens with zero attached hydrogens (tertiary/aromatic N) is 2. The molecule has 0 saturated carbocycles. The molecule has 3 nitrogen and oxygen atoms in total. The quantitative estimate of drug-likeness (QED) is 0.762. The second kappa shape index (κ2) is 5.53. The molecule has 1 aromatic rings. The molecule has 1 aromatic carbocycles. The first-order valence-electron chi connectivity index (χ1n) is 6.66. The summed E-state index contributed by atoms with van der Waals surface area (Å²) in [6.07, 6.45) is 1.79. The second-order valence-electron chi connectivity index (χ2n) is 5.18. The van der Waals surface area contributed by atoms with Crippen LogP contribution in [0.3, 0.4) is 0 Å². The first-order valence-corrected chi connectivity index (χ1v) is 6.66. The molecule has 1 unspecified atom stereocenters.